The van der Waals surface area contributed by atoms with Crippen LogP contribution in [0, 0.1) is 11.6 Å². The number of carbonyl (C=O) groups excluding carboxylic acids is 1. The average Bonchev–Trinajstić information content (AvgIpc) is 2.89. The number of hydrogen-bond donors (Lipinski definition) is 0. The number of amides is 1. The molecule has 0 saturated carbocycles. The maximum absolute atomic E-state index is 14.0. The molecule has 36 heavy (non-hydrogen) atoms. The van der Waals surface area contributed by atoms with Gasteiger partial charge in [0.2, 0.25) is 5.91 Å². The smallest absolute Gasteiger partial charge is 0.219 e. The number of halogens is 2. The molecule has 2 aliphatic heterocycles. The number of nitrogens with zero attached hydrogens (tertiary/aromatic N) is 6. The Morgan fingerprint density at radius 1 is 1.06 bits per heavy atom. The zero-order valence-electron chi connectivity index (χ0n) is 20.1. The maximum Gasteiger partial charge on any atom is 0.219 e. The van der Waals surface area contributed by atoms with Crippen molar-refractivity contribution < 1.29 is 23.0 Å². The second-order valence-electron chi connectivity index (χ2n) is 8.81. The van der Waals surface area contributed by atoms with E-state index in [4.69, 9.17) is 19.4 Å². The number of carbonyl (C=O) groups is 1. The average molecular weight is 497 g/mol. The summed E-state index contributed by atoms with van der Waals surface area (Å²) in [4.78, 5) is 34.4. The van der Waals surface area contributed by atoms with E-state index in [1.807, 2.05) is 0 Å². The van der Waals surface area contributed by atoms with Gasteiger partial charge in [0.1, 0.15) is 11.9 Å². The van der Waals surface area contributed by atoms with Gasteiger partial charge in [-0.1, -0.05) is 0 Å². The van der Waals surface area contributed by atoms with Crippen molar-refractivity contribution in [1.82, 2.24) is 24.8 Å². The molecule has 4 heterocycles. The lowest BCUT2D eigenvalue weighted by Gasteiger charge is -2.35. The number of hydrogen-bond acceptors (Lipinski definition) is 8. The first-order valence-electron chi connectivity index (χ1n) is 11.8. The highest BCUT2D eigenvalue weighted by molar-refractivity contribution is 5.74. The number of benzene rings is 1. The highest BCUT2D eigenvalue weighted by Crippen LogP contribution is 2.32. The molecular weight excluding hydrogens is 470 g/mol. The minimum atomic E-state index is -0.712. The predicted molar refractivity (Wildman–Crippen MR) is 127 cm³/mol. The Hall–Kier alpha value is -3.89. The summed E-state index contributed by atoms with van der Waals surface area (Å²) in [5.74, 6) is 0.297. The highest BCUT2D eigenvalue weighted by Gasteiger charge is 2.29. The van der Waals surface area contributed by atoms with Crippen LogP contribution in [-0.4, -0.2) is 63.6 Å². The van der Waals surface area contributed by atoms with Gasteiger partial charge in [0.05, 0.1) is 37.4 Å². The van der Waals surface area contributed by atoms with Crippen LogP contribution in [0.3, 0.4) is 0 Å². The van der Waals surface area contributed by atoms with E-state index in [-0.39, 0.29) is 17.8 Å². The molecule has 2 aromatic heterocycles. The molecule has 0 atom stereocenters. The summed E-state index contributed by atoms with van der Waals surface area (Å²) in [6.07, 6.45) is 4.80. The third kappa shape index (κ3) is 4.91. The number of aromatic nitrogens is 4. The van der Waals surface area contributed by atoms with Crippen LogP contribution in [0.1, 0.15) is 31.2 Å². The fourth-order valence-corrected chi connectivity index (χ4v) is 4.44. The molecule has 1 saturated heterocycles. The fourth-order valence-electron chi connectivity index (χ4n) is 4.44. The monoisotopic (exact) mass is 496 g/mol. The summed E-state index contributed by atoms with van der Waals surface area (Å²) < 4.78 is 38.2. The number of piperidine rings is 1. The molecule has 9 nitrogen and oxygen atoms in total. The molecule has 0 unspecified atom stereocenters. The largest absolute Gasteiger partial charge is 0.494 e. The maximum atomic E-state index is 14.0. The number of anilines is 1. The molecule has 1 amide bonds. The zero-order chi connectivity index (χ0) is 25.2. The van der Waals surface area contributed by atoms with E-state index in [2.05, 4.69) is 14.9 Å². The van der Waals surface area contributed by atoms with Gasteiger partial charge in [0, 0.05) is 51.9 Å². The van der Waals surface area contributed by atoms with Crippen molar-refractivity contribution in [3.63, 3.8) is 0 Å². The van der Waals surface area contributed by atoms with Gasteiger partial charge in [-0.05, 0) is 12.1 Å². The summed E-state index contributed by atoms with van der Waals surface area (Å²) in [5.41, 5.74) is 2.12. The van der Waals surface area contributed by atoms with E-state index in [0.29, 0.717) is 68.5 Å². The summed E-state index contributed by atoms with van der Waals surface area (Å²) in [6, 6.07) is 3.32. The van der Waals surface area contributed by atoms with Crippen LogP contribution in [0.15, 0.2) is 30.6 Å². The van der Waals surface area contributed by atoms with Gasteiger partial charge >= 0.3 is 0 Å². The lowest BCUT2D eigenvalue weighted by Crippen LogP contribution is -2.40. The Labute approximate surface area is 207 Å². The predicted octanol–water partition coefficient (Wildman–Crippen LogP) is 3.17. The van der Waals surface area contributed by atoms with Crippen LogP contribution >= 0.6 is 0 Å². The molecule has 0 aliphatic carbocycles. The second-order valence-corrected chi connectivity index (χ2v) is 8.81. The molecule has 5 rings (SSSR count). The van der Waals surface area contributed by atoms with Gasteiger partial charge in [-0.3, -0.25) is 4.79 Å². The molecule has 1 fully saturated rings. The first-order chi connectivity index (χ1) is 17.4. The molecule has 2 aliphatic rings. The van der Waals surface area contributed by atoms with E-state index in [0.717, 1.165) is 17.5 Å². The van der Waals surface area contributed by atoms with Crippen molar-refractivity contribution >= 4 is 11.7 Å². The fraction of sp³-hybridized carbons (Fsp3) is 0.400. The van der Waals surface area contributed by atoms with Crippen LogP contribution in [0.2, 0.25) is 0 Å². The number of methoxy groups -OCH3 is 1. The summed E-state index contributed by atoms with van der Waals surface area (Å²) in [6.45, 7) is 3.73. The molecule has 0 spiro atoms. The summed E-state index contributed by atoms with van der Waals surface area (Å²) >= 11 is 0. The van der Waals surface area contributed by atoms with E-state index in [9.17, 15) is 13.6 Å². The van der Waals surface area contributed by atoms with E-state index < -0.39 is 11.6 Å². The van der Waals surface area contributed by atoms with Crippen LogP contribution in [0.5, 0.6) is 11.5 Å². The van der Waals surface area contributed by atoms with Crippen molar-refractivity contribution in [2.45, 2.75) is 38.8 Å². The summed E-state index contributed by atoms with van der Waals surface area (Å²) in [7, 11) is 1.54. The second kappa shape index (κ2) is 10.00. The van der Waals surface area contributed by atoms with Crippen molar-refractivity contribution in [1.29, 1.82) is 0 Å². The zero-order valence-corrected chi connectivity index (χ0v) is 20.1. The third-order valence-corrected chi connectivity index (χ3v) is 6.44. The van der Waals surface area contributed by atoms with Crippen LogP contribution in [0.25, 0.3) is 11.5 Å². The van der Waals surface area contributed by atoms with Crippen molar-refractivity contribution in [3.05, 3.63) is 53.6 Å². The van der Waals surface area contributed by atoms with Gasteiger partial charge in [0.25, 0.3) is 0 Å². The molecule has 0 radical (unpaired) electrons. The lowest BCUT2D eigenvalue weighted by atomic mass is 10.1. The number of fused-ring (bicyclic) bond motifs is 1. The number of ether oxygens (including phenoxy) is 2. The minimum absolute atomic E-state index is 0.00608. The Bertz CT molecular complexity index is 1270. The van der Waals surface area contributed by atoms with Gasteiger partial charge < -0.3 is 19.3 Å². The molecule has 1 aromatic carbocycles. The van der Waals surface area contributed by atoms with Gasteiger partial charge in [-0.15, -0.1) is 0 Å². The molecular formula is C25H26F2N6O3. The topological polar surface area (TPSA) is 93.6 Å². The van der Waals surface area contributed by atoms with E-state index in [1.165, 1.54) is 12.1 Å². The minimum Gasteiger partial charge on any atom is -0.494 e. The Morgan fingerprint density at radius 3 is 2.47 bits per heavy atom. The lowest BCUT2D eigenvalue weighted by molar-refractivity contribution is -0.129. The Kier molecular flexibility index (Phi) is 6.62. The van der Waals surface area contributed by atoms with Crippen LogP contribution in [-0.2, 0) is 17.8 Å². The first-order valence-corrected chi connectivity index (χ1v) is 11.8. The standard InChI is InChI=1S/C25H26F2N6O3/c1-15(34)33-10-7-20-21(14-33)30-23(24-28-12-18(35-2)13-29-24)25(31-20)32-8-5-17(6-9-32)36-22-4-3-16(26)11-19(22)27/h3-4,11-13,17H,5-10,14H2,1-2H3. The number of rotatable bonds is 5. The Morgan fingerprint density at radius 2 is 1.81 bits per heavy atom. The van der Waals surface area contributed by atoms with Gasteiger partial charge in [-0.25, -0.2) is 28.7 Å². The van der Waals surface area contributed by atoms with Crippen molar-refractivity contribution in [2.24, 2.45) is 0 Å². The Balaban J connectivity index is 1.40. The van der Waals surface area contributed by atoms with Gasteiger partial charge in [-0.2, -0.15) is 0 Å². The first kappa shape index (κ1) is 23.8. The van der Waals surface area contributed by atoms with Crippen molar-refractivity contribution in [2.75, 3.05) is 31.6 Å². The quantitative estimate of drug-likeness (QED) is 0.532. The third-order valence-electron chi connectivity index (χ3n) is 6.44. The molecule has 188 valence electrons. The highest BCUT2D eigenvalue weighted by atomic mass is 19.1. The van der Waals surface area contributed by atoms with Gasteiger partial charge in [0.15, 0.2) is 34.7 Å². The van der Waals surface area contributed by atoms with Crippen LogP contribution < -0.4 is 14.4 Å². The molecule has 0 N–H and O–H groups in total. The van der Waals surface area contributed by atoms with Crippen LogP contribution in [0.4, 0.5) is 14.6 Å². The summed E-state index contributed by atoms with van der Waals surface area (Å²) in [5, 5.41) is 0. The molecule has 0 bridgehead atoms. The normalized spacial score (nSPS) is 16.0. The molecule has 11 heteroatoms. The SMILES string of the molecule is COc1cnc(-c2nc3c(nc2N2CCC(Oc4ccc(F)cc4F)CC2)CCN(C(C)=O)C3)nc1. The van der Waals surface area contributed by atoms with E-state index in [1.54, 1.807) is 31.3 Å². The van der Waals surface area contributed by atoms with Crippen molar-refractivity contribution in [3.8, 4) is 23.0 Å². The molecule has 3 aromatic rings. The van der Waals surface area contributed by atoms with E-state index >= 15 is 0 Å².